The number of nitrogens with one attached hydrogen (secondary N) is 2. The van der Waals surface area contributed by atoms with E-state index in [0.717, 1.165) is 48.0 Å². The maximum atomic E-state index is 12.4. The number of fused-ring (bicyclic) bond motifs is 2. The minimum Gasteiger partial charge on any atom is -0.322 e. The van der Waals surface area contributed by atoms with E-state index in [9.17, 15) is 4.79 Å². The third-order valence-electron chi connectivity index (χ3n) is 3.76. The zero-order chi connectivity index (χ0) is 12.8. The molecular formula is C14H14N4O. The minimum absolute atomic E-state index is 0.0359. The number of aromatic amines is 2. The molecule has 1 aliphatic rings. The van der Waals surface area contributed by atoms with Crippen LogP contribution < -0.4 is 5.56 Å². The van der Waals surface area contributed by atoms with Crippen molar-refractivity contribution in [2.45, 2.75) is 25.7 Å². The van der Waals surface area contributed by atoms with Gasteiger partial charge >= 0.3 is 0 Å². The molecular weight excluding hydrogens is 240 g/mol. The van der Waals surface area contributed by atoms with Crippen LogP contribution in [0, 0.1) is 0 Å². The lowest BCUT2D eigenvalue weighted by atomic mass is 9.98. The smallest absolute Gasteiger partial charge is 0.277 e. The molecule has 0 unspecified atom stereocenters. The molecule has 0 fully saturated rings. The van der Waals surface area contributed by atoms with E-state index < -0.39 is 0 Å². The number of rotatable bonds is 1. The minimum atomic E-state index is 0.0359. The summed E-state index contributed by atoms with van der Waals surface area (Å²) in [4.78, 5) is 20.0. The summed E-state index contributed by atoms with van der Waals surface area (Å²) < 4.78 is 1.54. The summed E-state index contributed by atoms with van der Waals surface area (Å²) in [6.45, 7) is 0. The fourth-order valence-corrected chi connectivity index (χ4v) is 2.78. The number of imidazole rings is 1. The van der Waals surface area contributed by atoms with E-state index in [4.69, 9.17) is 0 Å². The van der Waals surface area contributed by atoms with Gasteiger partial charge < -0.3 is 4.98 Å². The molecule has 19 heavy (non-hydrogen) atoms. The standard InChI is InChI=1S/C14H14N4O/c19-13-9-5-1-2-6-10(9)17-18(13)14-15-11-7-3-4-8-12(11)16-14/h3-4,7-8,17H,1-2,5-6H2,(H,15,16). The first-order chi connectivity index (χ1) is 9.33. The van der Waals surface area contributed by atoms with Crippen LogP contribution in [-0.2, 0) is 12.8 Å². The summed E-state index contributed by atoms with van der Waals surface area (Å²) in [5, 5.41) is 3.19. The first-order valence-corrected chi connectivity index (χ1v) is 6.61. The lowest BCUT2D eigenvalue weighted by Gasteiger charge is -2.07. The van der Waals surface area contributed by atoms with Crippen LogP contribution in [0.1, 0.15) is 24.1 Å². The Balaban J connectivity index is 1.92. The second-order valence-electron chi connectivity index (χ2n) is 4.99. The van der Waals surface area contributed by atoms with Crippen molar-refractivity contribution < 1.29 is 0 Å². The van der Waals surface area contributed by atoms with Crippen LogP contribution in [-0.4, -0.2) is 19.7 Å². The van der Waals surface area contributed by atoms with Crippen molar-refractivity contribution in [3.8, 4) is 5.95 Å². The lowest BCUT2D eigenvalue weighted by Crippen LogP contribution is -2.19. The summed E-state index contributed by atoms with van der Waals surface area (Å²) in [5.41, 5.74) is 3.84. The Labute approximate surface area is 109 Å². The quantitative estimate of drug-likeness (QED) is 0.696. The molecule has 0 saturated carbocycles. The summed E-state index contributed by atoms with van der Waals surface area (Å²) >= 11 is 0. The average Bonchev–Trinajstić information content (AvgIpc) is 3.00. The highest BCUT2D eigenvalue weighted by Gasteiger charge is 2.19. The van der Waals surface area contributed by atoms with E-state index in [-0.39, 0.29) is 5.56 Å². The zero-order valence-corrected chi connectivity index (χ0v) is 10.4. The largest absolute Gasteiger partial charge is 0.322 e. The van der Waals surface area contributed by atoms with Gasteiger partial charge in [-0.25, -0.2) is 4.98 Å². The number of hydrogen-bond donors (Lipinski definition) is 2. The fourth-order valence-electron chi connectivity index (χ4n) is 2.78. The zero-order valence-electron chi connectivity index (χ0n) is 10.4. The molecule has 0 atom stereocenters. The lowest BCUT2D eigenvalue weighted by molar-refractivity contribution is 0.669. The molecule has 0 bridgehead atoms. The summed E-state index contributed by atoms with van der Waals surface area (Å²) in [5.74, 6) is 0.570. The molecule has 2 heterocycles. The van der Waals surface area contributed by atoms with E-state index in [0.29, 0.717) is 5.95 Å². The van der Waals surface area contributed by atoms with Gasteiger partial charge in [0, 0.05) is 11.3 Å². The van der Waals surface area contributed by atoms with Gasteiger partial charge in [0.2, 0.25) is 5.95 Å². The van der Waals surface area contributed by atoms with Crippen molar-refractivity contribution in [3.63, 3.8) is 0 Å². The number of H-pyrrole nitrogens is 2. The molecule has 2 aromatic heterocycles. The van der Waals surface area contributed by atoms with E-state index in [1.165, 1.54) is 4.68 Å². The molecule has 0 amide bonds. The van der Waals surface area contributed by atoms with Gasteiger partial charge in [0.25, 0.3) is 5.56 Å². The molecule has 0 spiro atoms. The summed E-state index contributed by atoms with van der Waals surface area (Å²) in [6, 6.07) is 7.78. The first kappa shape index (κ1) is 10.6. The molecule has 0 saturated heterocycles. The Bertz CT molecular complexity index is 775. The predicted molar refractivity (Wildman–Crippen MR) is 72.7 cm³/mol. The molecule has 96 valence electrons. The van der Waals surface area contributed by atoms with Gasteiger partial charge in [0.05, 0.1) is 11.0 Å². The van der Waals surface area contributed by atoms with Crippen molar-refractivity contribution in [2.75, 3.05) is 0 Å². The van der Waals surface area contributed by atoms with E-state index in [1.807, 2.05) is 24.3 Å². The van der Waals surface area contributed by atoms with Gasteiger partial charge in [-0.2, -0.15) is 4.68 Å². The van der Waals surface area contributed by atoms with Crippen molar-refractivity contribution in [2.24, 2.45) is 0 Å². The molecule has 1 aromatic carbocycles. The highest BCUT2D eigenvalue weighted by atomic mass is 16.1. The Kier molecular flexibility index (Phi) is 2.15. The van der Waals surface area contributed by atoms with Crippen LogP contribution in [0.25, 0.3) is 17.0 Å². The number of aryl methyl sites for hydroxylation is 1. The predicted octanol–water partition coefficient (Wildman–Crippen LogP) is 1.92. The third-order valence-corrected chi connectivity index (χ3v) is 3.76. The van der Waals surface area contributed by atoms with Crippen LogP contribution in [0.5, 0.6) is 0 Å². The normalized spacial score (nSPS) is 14.7. The molecule has 0 radical (unpaired) electrons. The second-order valence-corrected chi connectivity index (χ2v) is 4.99. The fraction of sp³-hybridized carbons (Fsp3) is 0.286. The second kappa shape index (κ2) is 3.85. The Morgan fingerprint density at radius 2 is 2.00 bits per heavy atom. The highest BCUT2D eigenvalue weighted by Crippen LogP contribution is 2.18. The van der Waals surface area contributed by atoms with Gasteiger partial charge in [0.15, 0.2) is 0 Å². The van der Waals surface area contributed by atoms with E-state index in [1.54, 1.807) is 0 Å². The van der Waals surface area contributed by atoms with Crippen LogP contribution in [0.3, 0.4) is 0 Å². The van der Waals surface area contributed by atoms with Crippen LogP contribution in [0.15, 0.2) is 29.1 Å². The van der Waals surface area contributed by atoms with Gasteiger partial charge in [-0.3, -0.25) is 9.89 Å². The molecule has 5 nitrogen and oxygen atoms in total. The van der Waals surface area contributed by atoms with Gasteiger partial charge in [-0.15, -0.1) is 0 Å². The Hall–Kier alpha value is -2.30. The van der Waals surface area contributed by atoms with Crippen molar-refractivity contribution in [1.82, 2.24) is 19.7 Å². The monoisotopic (exact) mass is 254 g/mol. The average molecular weight is 254 g/mol. The Morgan fingerprint density at radius 3 is 2.84 bits per heavy atom. The molecule has 0 aliphatic heterocycles. The number of nitrogens with zero attached hydrogens (tertiary/aromatic N) is 2. The number of benzene rings is 1. The number of hydrogen-bond acceptors (Lipinski definition) is 2. The molecule has 4 rings (SSSR count). The van der Waals surface area contributed by atoms with Crippen LogP contribution in [0.4, 0.5) is 0 Å². The molecule has 2 N–H and O–H groups in total. The van der Waals surface area contributed by atoms with Crippen molar-refractivity contribution in [1.29, 1.82) is 0 Å². The molecule has 5 heteroatoms. The topological polar surface area (TPSA) is 66.5 Å². The summed E-state index contributed by atoms with van der Waals surface area (Å²) in [6.07, 6.45) is 4.07. The van der Waals surface area contributed by atoms with Crippen molar-refractivity contribution >= 4 is 11.0 Å². The molecule has 1 aliphatic carbocycles. The molecule has 3 aromatic rings. The Morgan fingerprint density at radius 1 is 1.16 bits per heavy atom. The van der Waals surface area contributed by atoms with Crippen molar-refractivity contribution in [3.05, 3.63) is 45.9 Å². The third kappa shape index (κ3) is 1.54. The van der Waals surface area contributed by atoms with Crippen LogP contribution >= 0.6 is 0 Å². The maximum Gasteiger partial charge on any atom is 0.277 e. The van der Waals surface area contributed by atoms with E-state index >= 15 is 0 Å². The van der Waals surface area contributed by atoms with Gasteiger partial charge in [0.1, 0.15) is 0 Å². The highest BCUT2D eigenvalue weighted by molar-refractivity contribution is 5.75. The summed E-state index contributed by atoms with van der Waals surface area (Å²) in [7, 11) is 0. The number of aromatic nitrogens is 4. The SMILES string of the molecule is O=c1c2c([nH]n1-c1nc3ccccc3[nH]1)CCCC2. The number of para-hydroxylation sites is 2. The maximum absolute atomic E-state index is 12.4. The van der Waals surface area contributed by atoms with E-state index in [2.05, 4.69) is 15.1 Å². The van der Waals surface area contributed by atoms with Gasteiger partial charge in [-0.1, -0.05) is 12.1 Å². The van der Waals surface area contributed by atoms with Gasteiger partial charge in [-0.05, 0) is 37.8 Å². The van der Waals surface area contributed by atoms with Crippen LogP contribution in [0.2, 0.25) is 0 Å². The first-order valence-electron chi connectivity index (χ1n) is 6.61.